The molecule has 0 amide bonds. The monoisotopic (exact) mass is 348 g/mol. The van der Waals surface area contributed by atoms with Gasteiger partial charge in [-0.3, -0.25) is 0 Å². The van der Waals surface area contributed by atoms with Crippen LogP contribution in [0.2, 0.25) is 0 Å². The molecule has 0 bridgehead atoms. The number of hydrogen-bond donors (Lipinski definition) is 1. The third-order valence-corrected chi connectivity index (χ3v) is 3.81. The summed E-state index contributed by atoms with van der Waals surface area (Å²) in [6.07, 6.45) is 0. The first-order valence-electron chi connectivity index (χ1n) is 7.45. The summed E-state index contributed by atoms with van der Waals surface area (Å²) in [6, 6.07) is 10.0. The summed E-state index contributed by atoms with van der Waals surface area (Å²) in [7, 11) is 1.46. The van der Waals surface area contributed by atoms with Crippen LogP contribution in [0.25, 0.3) is 10.4 Å². The summed E-state index contributed by atoms with van der Waals surface area (Å²) >= 11 is 0. The molecule has 2 aromatic rings. The SMILES string of the molecule is COCOC[C@H](N)C(N=[N+]=[N-])(c1ccc(F)cc1)c1ccc(F)cc1. The van der Waals surface area contributed by atoms with E-state index in [4.69, 9.17) is 20.7 Å². The minimum atomic E-state index is -1.40. The Morgan fingerprint density at radius 2 is 1.56 bits per heavy atom. The molecule has 6 nitrogen and oxygen atoms in total. The van der Waals surface area contributed by atoms with Crippen molar-refractivity contribution in [3.05, 3.63) is 81.7 Å². The number of rotatable bonds is 8. The summed E-state index contributed by atoms with van der Waals surface area (Å²) in [5.41, 5.74) is 15.0. The van der Waals surface area contributed by atoms with Crippen molar-refractivity contribution in [2.24, 2.45) is 10.8 Å². The highest BCUT2D eigenvalue weighted by molar-refractivity contribution is 5.41. The number of hydrogen-bond acceptors (Lipinski definition) is 4. The summed E-state index contributed by atoms with van der Waals surface area (Å²) < 4.78 is 36.8. The third kappa shape index (κ3) is 4.12. The fourth-order valence-electron chi connectivity index (χ4n) is 2.64. The molecule has 0 heterocycles. The number of halogens is 2. The van der Waals surface area contributed by atoms with Gasteiger partial charge in [-0.1, -0.05) is 29.4 Å². The molecular weight excluding hydrogens is 330 g/mol. The Kier molecular flexibility index (Phi) is 6.44. The van der Waals surface area contributed by atoms with E-state index >= 15 is 0 Å². The molecule has 1 atom stereocenters. The Bertz CT molecular complexity index is 686. The Morgan fingerprint density at radius 1 is 1.08 bits per heavy atom. The van der Waals surface area contributed by atoms with E-state index in [9.17, 15) is 8.78 Å². The minimum absolute atomic E-state index is 0.00160. The first-order chi connectivity index (χ1) is 12.0. The van der Waals surface area contributed by atoms with Crippen molar-refractivity contribution in [1.82, 2.24) is 0 Å². The molecule has 0 unspecified atom stereocenters. The van der Waals surface area contributed by atoms with E-state index in [-0.39, 0.29) is 13.4 Å². The smallest absolute Gasteiger partial charge is 0.146 e. The fraction of sp³-hybridized carbons (Fsp3) is 0.294. The van der Waals surface area contributed by atoms with E-state index in [0.29, 0.717) is 11.1 Å². The number of benzene rings is 2. The molecule has 0 saturated heterocycles. The lowest BCUT2D eigenvalue weighted by Gasteiger charge is -2.35. The molecule has 2 rings (SSSR count). The van der Waals surface area contributed by atoms with E-state index < -0.39 is 23.2 Å². The van der Waals surface area contributed by atoms with E-state index in [0.717, 1.165) is 0 Å². The molecule has 25 heavy (non-hydrogen) atoms. The summed E-state index contributed by atoms with van der Waals surface area (Å²) in [5, 5.41) is 3.92. The molecule has 0 fully saturated rings. The van der Waals surface area contributed by atoms with Gasteiger partial charge in [0.1, 0.15) is 24.0 Å². The van der Waals surface area contributed by atoms with Crippen LogP contribution >= 0.6 is 0 Å². The average molecular weight is 348 g/mol. The van der Waals surface area contributed by atoms with Crippen LogP contribution in [-0.4, -0.2) is 26.6 Å². The maximum absolute atomic E-state index is 13.3. The van der Waals surface area contributed by atoms with Gasteiger partial charge >= 0.3 is 0 Å². The van der Waals surface area contributed by atoms with Gasteiger partial charge in [-0.15, -0.1) is 0 Å². The largest absolute Gasteiger partial charge is 0.359 e. The summed E-state index contributed by atoms with van der Waals surface area (Å²) in [6.45, 7) is 0.00843. The molecule has 2 N–H and O–H groups in total. The Hall–Kier alpha value is -2.51. The number of ether oxygens (including phenoxy) is 2. The molecule has 0 spiro atoms. The van der Waals surface area contributed by atoms with Crippen molar-refractivity contribution >= 4 is 0 Å². The molecule has 0 aliphatic heterocycles. The van der Waals surface area contributed by atoms with Crippen LogP contribution < -0.4 is 5.73 Å². The van der Waals surface area contributed by atoms with Gasteiger partial charge in [0.05, 0.1) is 6.61 Å². The lowest BCUT2D eigenvalue weighted by atomic mass is 9.78. The van der Waals surface area contributed by atoms with Crippen LogP contribution in [0.15, 0.2) is 53.6 Å². The van der Waals surface area contributed by atoms with Gasteiger partial charge in [0.2, 0.25) is 0 Å². The number of nitrogens with two attached hydrogens (primary N) is 1. The van der Waals surface area contributed by atoms with Crippen LogP contribution in [0.1, 0.15) is 11.1 Å². The predicted molar refractivity (Wildman–Crippen MR) is 88.5 cm³/mol. The number of methoxy groups -OCH3 is 1. The van der Waals surface area contributed by atoms with E-state index in [1.165, 1.54) is 55.6 Å². The second-order valence-corrected chi connectivity index (χ2v) is 5.35. The first-order valence-corrected chi connectivity index (χ1v) is 7.45. The molecule has 0 saturated carbocycles. The second-order valence-electron chi connectivity index (χ2n) is 5.35. The Morgan fingerprint density at radius 3 is 1.96 bits per heavy atom. The highest BCUT2D eigenvalue weighted by atomic mass is 19.1. The van der Waals surface area contributed by atoms with Crippen molar-refractivity contribution < 1.29 is 18.3 Å². The van der Waals surface area contributed by atoms with Crippen molar-refractivity contribution in [2.45, 2.75) is 11.6 Å². The van der Waals surface area contributed by atoms with Crippen LogP contribution in [0, 0.1) is 11.6 Å². The molecule has 0 radical (unpaired) electrons. The molecule has 2 aromatic carbocycles. The summed E-state index contributed by atoms with van der Waals surface area (Å²) in [5.74, 6) is -0.885. The number of nitrogens with zero attached hydrogens (tertiary/aromatic N) is 3. The third-order valence-electron chi connectivity index (χ3n) is 3.81. The molecule has 8 heteroatoms. The zero-order valence-electron chi connectivity index (χ0n) is 13.6. The molecule has 0 aliphatic carbocycles. The van der Waals surface area contributed by atoms with Crippen LogP contribution in [0.3, 0.4) is 0 Å². The maximum Gasteiger partial charge on any atom is 0.146 e. The van der Waals surface area contributed by atoms with Gasteiger partial charge in [0.25, 0.3) is 0 Å². The highest BCUT2D eigenvalue weighted by Gasteiger charge is 2.40. The second kappa shape index (κ2) is 8.55. The van der Waals surface area contributed by atoms with Gasteiger partial charge < -0.3 is 15.2 Å². The van der Waals surface area contributed by atoms with Crippen molar-refractivity contribution in [3.8, 4) is 0 Å². The first kappa shape index (κ1) is 18.8. The van der Waals surface area contributed by atoms with Gasteiger partial charge in [-0.2, -0.15) is 0 Å². The Balaban J connectivity index is 2.59. The molecule has 0 aromatic heterocycles. The van der Waals surface area contributed by atoms with Crippen molar-refractivity contribution in [3.63, 3.8) is 0 Å². The van der Waals surface area contributed by atoms with Crippen LogP contribution in [0.4, 0.5) is 8.78 Å². The Labute approximate surface area is 143 Å². The number of azide groups is 1. The standard InChI is InChI=1S/C17H18F2N4O2/c1-24-11-25-10-16(20)17(22-23-21,12-2-6-14(18)7-3-12)13-4-8-15(19)9-5-13/h2-9,16H,10-11,20H2,1H3/t16-/m0/s1. The van der Waals surface area contributed by atoms with E-state index in [1.807, 2.05) is 0 Å². The molecular formula is C17H18F2N4O2. The minimum Gasteiger partial charge on any atom is -0.359 e. The fourth-order valence-corrected chi connectivity index (χ4v) is 2.64. The lowest BCUT2D eigenvalue weighted by Crippen LogP contribution is -2.48. The topological polar surface area (TPSA) is 93.2 Å². The van der Waals surface area contributed by atoms with Gasteiger partial charge in [-0.25, -0.2) is 8.78 Å². The van der Waals surface area contributed by atoms with E-state index in [1.54, 1.807) is 0 Å². The normalized spacial score (nSPS) is 12.5. The quantitative estimate of drug-likeness (QED) is 0.260. The van der Waals surface area contributed by atoms with Gasteiger partial charge in [-0.05, 0) is 40.9 Å². The zero-order chi connectivity index (χ0) is 18.3. The van der Waals surface area contributed by atoms with Crippen molar-refractivity contribution in [2.75, 3.05) is 20.5 Å². The van der Waals surface area contributed by atoms with Crippen LogP contribution in [-0.2, 0) is 15.0 Å². The average Bonchev–Trinajstić information content (AvgIpc) is 2.61. The predicted octanol–water partition coefficient (Wildman–Crippen LogP) is 3.47. The van der Waals surface area contributed by atoms with Crippen molar-refractivity contribution in [1.29, 1.82) is 0 Å². The lowest BCUT2D eigenvalue weighted by molar-refractivity contribution is -0.0395. The van der Waals surface area contributed by atoms with Crippen LogP contribution in [0.5, 0.6) is 0 Å². The summed E-state index contributed by atoms with van der Waals surface area (Å²) in [4.78, 5) is 2.93. The maximum atomic E-state index is 13.3. The zero-order valence-corrected chi connectivity index (χ0v) is 13.6. The molecule has 0 aliphatic rings. The van der Waals surface area contributed by atoms with Gasteiger partial charge in [0.15, 0.2) is 0 Å². The van der Waals surface area contributed by atoms with E-state index in [2.05, 4.69) is 10.0 Å². The van der Waals surface area contributed by atoms with Gasteiger partial charge in [0, 0.05) is 18.1 Å². The highest BCUT2D eigenvalue weighted by Crippen LogP contribution is 2.37. The molecule has 132 valence electrons.